The molecule has 2 aromatic rings. The largest absolute Gasteiger partial charge is 0.344 e. The van der Waals surface area contributed by atoms with E-state index in [4.69, 9.17) is 4.52 Å². The minimum absolute atomic E-state index is 0.113. The lowest BCUT2D eigenvalue weighted by molar-refractivity contribution is 0.358. The molecule has 0 aliphatic heterocycles. The first-order valence-corrected chi connectivity index (χ1v) is 6.53. The first-order chi connectivity index (χ1) is 9.56. The van der Waals surface area contributed by atoms with Gasteiger partial charge >= 0.3 is 0 Å². The average Bonchev–Trinajstić information content (AvgIpc) is 2.88. The van der Waals surface area contributed by atoms with Crippen molar-refractivity contribution in [2.45, 2.75) is 25.9 Å². The molecule has 1 atom stereocenters. The number of halogens is 1. The standard InChI is InChI=1S/C14H19FN4O/c1-10(8-11-6-4-5-7-12(11)15)16-9-13-17-14(18-20-13)19(2)3/h4-7,10,16H,8-9H2,1-3H3/t10-/m1/s1. The lowest BCUT2D eigenvalue weighted by Gasteiger charge is -2.12. The fourth-order valence-electron chi connectivity index (χ4n) is 1.83. The van der Waals surface area contributed by atoms with E-state index in [0.717, 1.165) is 0 Å². The Bertz CT molecular complexity index is 556. The Morgan fingerprint density at radius 3 is 2.75 bits per heavy atom. The molecule has 0 unspecified atom stereocenters. The van der Waals surface area contributed by atoms with Gasteiger partial charge in [0.25, 0.3) is 5.95 Å². The Morgan fingerprint density at radius 2 is 2.10 bits per heavy atom. The highest BCUT2D eigenvalue weighted by Gasteiger charge is 2.11. The van der Waals surface area contributed by atoms with Gasteiger partial charge in [-0.25, -0.2) is 4.39 Å². The van der Waals surface area contributed by atoms with Gasteiger partial charge in [-0.3, -0.25) is 0 Å². The second-order valence-corrected chi connectivity index (χ2v) is 4.96. The molecule has 6 heteroatoms. The zero-order valence-electron chi connectivity index (χ0n) is 11.9. The van der Waals surface area contributed by atoms with Gasteiger partial charge in [-0.15, -0.1) is 0 Å². The Labute approximate surface area is 117 Å². The summed E-state index contributed by atoms with van der Waals surface area (Å²) < 4.78 is 18.6. The average molecular weight is 278 g/mol. The normalized spacial score (nSPS) is 12.4. The fourth-order valence-corrected chi connectivity index (χ4v) is 1.83. The predicted molar refractivity (Wildman–Crippen MR) is 75.0 cm³/mol. The second kappa shape index (κ2) is 6.47. The minimum atomic E-state index is -0.172. The van der Waals surface area contributed by atoms with Crippen LogP contribution in [0.4, 0.5) is 10.3 Å². The van der Waals surface area contributed by atoms with Gasteiger partial charge in [-0.1, -0.05) is 18.2 Å². The highest BCUT2D eigenvalue weighted by molar-refractivity contribution is 5.23. The van der Waals surface area contributed by atoms with Crippen LogP contribution in [-0.4, -0.2) is 30.3 Å². The van der Waals surface area contributed by atoms with E-state index in [0.29, 0.717) is 30.4 Å². The van der Waals surface area contributed by atoms with Crippen molar-refractivity contribution in [3.8, 4) is 0 Å². The first-order valence-electron chi connectivity index (χ1n) is 6.53. The number of nitrogens with one attached hydrogen (secondary N) is 1. The Kier molecular flexibility index (Phi) is 4.68. The number of hydrogen-bond acceptors (Lipinski definition) is 5. The summed E-state index contributed by atoms with van der Waals surface area (Å²) >= 11 is 0. The highest BCUT2D eigenvalue weighted by Crippen LogP contribution is 2.10. The summed E-state index contributed by atoms with van der Waals surface area (Å²) in [5, 5.41) is 7.08. The summed E-state index contributed by atoms with van der Waals surface area (Å²) in [7, 11) is 3.70. The quantitative estimate of drug-likeness (QED) is 0.876. The third kappa shape index (κ3) is 3.77. The molecule has 1 aromatic carbocycles. The van der Waals surface area contributed by atoms with Crippen LogP contribution < -0.4 is 10.2 Å². The highest BCUT2D eigenvalue weighted by atomic mass is 19.1. The molecule has 1 heterocycles. The molecule has 0 spiro atoms. The molecule has 0 radical (unpaired) electrons. The van der Waals surface area contributed by atoms with Crippen LogP contribution in [0.25, 0.3) is 0 Å². The number of rotatable bonds is 6. The molecule has 20 heavy (non-hydrogen) atoms. The maximum Gasteiger partial charge on any atom is 0.265 e. The SMILES string of the molecule is C[C@H](Cc1ccccc1F)NCc1nc(N(C)C)no1. The van der Waals surface area contributed by atoms with Crippen LogP contribution >= 0.6 is 0 Å². The third-order valence-electron chi connectivity index (χ3n) is 2.94. The molecule has 2 rings (SSSR count). The van der Waals surface area contributed by atoms with Crippen molar-refractivity contribution in [3.63, 3.8) is 0 Å². The van der Waals surface area contributed by atoms with Gasteiger partial charge in [0.1, 0.15) is 5.82 Å². The van der Waals surface area contributed by atoms with Crippen LogP contribution in [0.1, 0.15) is 18.4 Å². The smallest absolute Gasteiger partial charge is 0.265 e. The van der Waals surface area contributed by atoms with Gasteiger partial charge in [-0.2, -0.15) is 4.98 Å². The minimum Gasteiger partial charge on any atom is -0.344 e. The van der Waals surface area contributed by atoms with E-state index in [1.165, 1.54) is 6.07 Å². The molecule has 0 amide bonds. The van der Waals surface area contributed by atoms with Crippen LogP contribution in [-0.2, 0) is 13.0 Å². The summed E-state index contributed by atoms with van der Waals surface area (Å²) in [5.74, 6) is 0.895. The van der Waals surface area contributed by atoms with Crippen LogP contribution in [0.5, 0.6) is 0 Å². The number of hydrogen-bond donors (Lipinski definition) is 1. The maximum absolute atomic E-state index is 13.5. The molecule has 5 nitrogen and oxygen atoms in total. The predicted octanol–water partition coefficient (Wildman–Crippen LogP) is 2.00. The molecule has 0 saturated carbocycles. The van der Waals surface area contributed by atoms with Crippen molar-refractivity contribution in [3.05, 3.63) is 41.5 Å². The van der Waals surface area contributed by atoms with Crippen molar-refractivity contribution >= 4 is 5.95 Å². The Balaban J connectivity index is 1.85. The summed E-state index contributed by atoms with van der Waals surface area (Å²) in [6.45, 7) is 2.46. The monoisotopic (exact) mass is 278 g/mol. The zero-order valence-corrected chi connectivity index (χ0v) is 11.9. The van der Waals surface area contributed by atoms with E-state index in [2.05, 4.69) is 15.5 Å². The van der Waals surface area contributed by atoms with Gasteiger partial charge in [0.15, 0.2) is 0 Å². The summed E-state index contributed by atoms with van der Waals surface area (Å²) in [4.78, 5) is 5.99. The van der Waals surface area contributed by atoms with E-state index >= 15 is 0 Å². The molecule has 0 bridgehead atoms. The number of nitrogens with zero attached hydrogens (tertiary/aromatic N) is 3. The molecular weight excluding hydrogens is 259 g/mol. The van der Waals surface area contributed by atoms with E-state index in [-0.39, 0.29) is 11.9 Å². The first kappa shape index (κ1) is 14.5. The van der Waals surface area contributed by atoms with Crippen LogP contribution in [0.3, 0.4) is 0 Å². The number of benzene rings is 1. The van der Waals surface area contributed by atoms with Gasteiger partial charge in [0, 0.05) is 20.1 Å². The number of anilines is 1. The Morgan fingerprint density at radius 1 is 1.35 bits per heavy atom. The van der Waals surface area contributed by atoms with E-state index in [9.17, 15) is 4.39 Å². The van der Waals surface area contributed by atoms with Crippen LogP contribution in [0, 0.1) is 5.82 Å². The third-order valence-corrected chi connectivity index (χ3v) is 2.94. The van der Waals surface area contributed by atoms with Crippen molar-refractivity contribution in [1.29, 1.82) is 0 Å². The second-order valence-electron chi connectivity index (χ2n) is 4.96. The molecule has 0 aliphatic carbocycles. The fraction of sp³-hybridized carbons (Fsp3) is 0.429. The van der Waals surface area contributed by atoms with E-state index in [1.807, 2.05) is 27.1 Å². The van der Waals surface area contributed by atoms with E-state index in [1.54, 1.807) is 17.0 Å². The van der Waals surface area contributed by atoms with Gasteiger partial charge in [0.05, 0.1) is 6.54 Å². The van der Waals surface area contributed by atoms with Crippen LogP contribution in [0.15, 0.2) is 28.8 Å². The molecular formula is C14H19FN4O. The van der Waals surface area contributed by atoms with Crippen molar-refractivity contribution in [2.75, 3.05) is 19.0 Å². The lowest BCUT2D eigenvalue weighted by Crippen LogP contribution is -2.28. The molecule has 1 N–H and O–H groups in total. The van der Waals surface area contributed by atoms with Crippen molar-refractivity contribution < 1.29 is 8.91 Å². The summed E-state index contributed by atoms with van der Waals surface area (Å²) in [5.41, 5.74) is 0.701. The topological polar surface area (TPSA) is 54.2 Å². The lowest BCUT2D eigenvalue weighted by atomic mass is 10.1. The summed E-state index contributed by atoms with van der Waals surface area (Å²) in [6, 6.07) is 6.92. The molecule has 108 valence electrons. The maximum atomic E-state index is 13.5. The molecule has 0 fully saturated rings. The van der Waals surface area contributed by atoms with Gasteiger partial charge in [-0.05, 0) is 30.1 Å². The summed E-state index contributed by atoms with van der Waals surface area (Å²) in [6.07, 6.45) is 0.612. The molecule has 1 aromatic heterocycles. The van der Waals surface area contributed by atoms with E-state index < -0.39 is 0 Å². The van der Waals surface area contributed by atoms with Crippen molar-refractivity contribution in [2.24, 2.45) is 0 Å². The van der Waals surface area contributed by atoms with Crippen LogP contribution in [0.2, 0.25) is 0 Å². The number of aromatic nitrogens is 2. The van der Waals surface area contributed by atoms with Gasteiger partial charge in [0.2, 0.25) is 5.89 Å². The van der Waals surface area contributed by atoms with Gasteiger partial charge < -0.3 is 14.7 Å². The van der Waals surface area contributed by atoms with Crippen molar-refractivity contribution in [1.82, 2.24) is 15.5 Å². The zero-order chi connectivity index (χ0) is 14.5. The Hall–Kier alpha value is -1.95. The molecule has 0 aliphatic rings. The molecule has 0 saturated heterocycles.